The third kappa shape index (κ3) is 5.91. The molecule has 0 unspecified atom stereocenters. The smallest absolute Gasteiger partial charge is 0.275 e. The molecule has 3 aliphatic rings. The van der Waals surface area contributed by atoms with Crippen LogP contribution in [0.15, 0.2) is 21.7 Å². The van der Waals surface area contributed by atoms with E-state index in [1.807, 2.05) is 6.92 Å². The number of likely N-dealkylation sites (N-methyl/N-ethyl adjacent to an activating group) is 1. The number of ether oxygens (including phenoxy) is 1. The largest absolute Gasteiger partial charge is 0.473 e. The lowest BCUT2D eigenvalue weighted by Gasteiger charge is -2.38. The van der Waals surface area contributed by atoms with Crippen molar-refractivity contribution in [1.29, 1.82) is 0 Å². The maximum Gasteiger partial charge on any atom is 0.275 e. The lowest BCUT2D eigenvalue weighted by molar-refractivity contribution is -0.143. The Balaban J connectivity index is 1.73. The van der Waals surface area contributed by atoms with Crippen molar-refractivity contribution in [3.8, 4) is 5.88 Å². The van der Waals surface area contributed by atoms with E-state index >= 15 is 0 Å². The van der Waals surface area contributed by atoms with Gasteiger partial charge in [0.25, 0.3) is 5.91 Å². The minimum absolute atomic E-state index is 0.00529. The van der Waals surface area contributed by atoms with Crippen molar-refractivity contribution in [1.82, 2.24) is 19.8 Å². The number of hydrogen-bond donors (Lipinski definition) is 2. The van der Waals surface area contributed by atoms with Gasteiger partial charge in [0.2, 0.25) is 5.88 Å². The Labute approximate surface area is 234 Å². The van der Waals surface area contributed by atoms with Gasteiger partial charge in [-0.2, -0.15) is 10.1 Å². The summed E-state index contributed by atoms with van der Waals surface area (Å²) in [5.41, 5.74) is 6.01. The highest BCUT2D eigenvalue weighted by Gasteiger charge is 2.49. The van der Waals surface area contributed by atoms with Crippen LogP contribution in [0.2, 0.25) is 0 Å². The van der Waals surface area contributed by atoms with E-state index in [0.717, 1.165) is 32.2 Å². The fraction of sp³-hybridized carbons (Fsp3) is 0.607. The zero-order chi connectivity index (χ0) is 29.0. The third-order valence-corrected chi connectivity index (χ3v) is 8.29. The molecule has 3 fully saturated rings. The fourth-order valence-corrected chi connectivity index (χ4v) is 6.03. The molecule has 3 atom stereocenters. The third-order valence-electron chi connectivity index (χ3n) is 8.29. The first kappa shape index (κ1) is 29.3. The number of aromatic nitrogens is 2. The zero-order valence-corrected chi connectivity index (χ0v) is 23.9. The first-order valence-electron chi connectivity index (χ1n) is 13.9. The number of aliphatic imine (C=N–C) groups is 1. The highest BCUT2D eigenvalue weighted by molar-refractivity contribution is 6.60. The van der Waals surface area contributed by atoms with Crippen LogP contribution in [0.4, 0.5) is 5.82 Å². The second-order valence-electron chi connectivity index (χ2n) is 11.2. The normalized spacial score (nSPS) is 26.4. The van der Waals surface area contributed by atoms with E-state index in [2.05, 4.69) is 32.0 Å². The summed E-state index contributed by atoms with van der Waals surface area (Å²) in [4.78, 5) is 56.0. The number of nitrogens with zero attached hydrogens (tertiary/aromatic N) is 6. The van der Waals surface area contributed by atoms with Gasteiger partial charge in [-0.15, -0.1) is 0 Å². The number of Topliss-reactive ketones (excluding diaryl/α,β-unsaturated/α-hetero) is 2. The SMILES string of the molecule is C[C@H](Oc1cc(N=CC(=NN)C(=O)N(C)C)nc(C(N)=C2CCC[C@@]3(CCCCC3=O)C2=O)n1)[C@@H]1CCCN1C. The van der Waals surface area contributed by atoms with E-state index in [1.54, 1.807) is 20.2 Å². The number of allylic oxidation sites excluding steroid dienone is 1. The lowest BCUT2D eigenvalue weighted by atomic mass is 9.62. The summed E-state index contributed by atoms with van der Waals surface area (Å²) in [6.07, 6.45) is 7.42. The summed E-state index contributed by atoms with van der Waals surface area (Å²) in [7, 11) is 5.22. The Kier molecular flexibility index (Phi) is 8.97. The van der Waals surface area contributed by atoms with Crippen molar-refractivity contribution < 1.29 is 19.1 Å². The standard InChI is InChI=1S/C28H40N8O4/c1-17(20-10-8-14-36(20)4)40-23-15-22(31-16-19(34-30)27(39)35(2)3)32-26(33-23)24(29)18-9-7-13-28(25(18)38)12-6-5-11-21(28)37/h15-17,20H,5-14,29-30H2,1-4H3/t17-,20-,28+/m0/s1. The average molecular weight is 553 g/mol. The first-order valence-corrected chi connectivity index (χ1v) is 13.9. The molecular weight excluding hydrogens is 512 g/mol. The van der Waals surface area contributed by atoms with Crippen LogP contribution in [0.1, 0.15) is 70.5 Å². The summed E-state index contributed by atoms with van der Waals surface area (Å²) in [5.74, 6) is 5.28. The molecule has 1 aromatic heterocycles. The second-order valence-corrected chi connectivity index (χ2v) is 11.2. The first-order chi connectivity index (χ1) is 19.1. The van der Waals surface area contributed by atoms with Gasteiger partial charge in [0.15, 0.2) is 23.1 Å². The van der Waals surface area contributed by atoms with Gasteiger partial charge in [0.05, 0.1) is 17.3 Å². The van der Waals surface area contributed by atoms with Gasteiger partial charge >= 0.3 is 0 Å². The topological polar surface area (TPSA) is 169 Å². The average Bonchev–Trinajstić information content (AvgIpc) is 3.37. The minimum Gasteiger partial charge on any atom is -0.473 e. The van der Waals surface area contributed by atoms with Crippen LogP contribution >= 0.6 is 0 Å². The molecule has 2 heterocycles. The van der Waals surface area contributed by atoms with Crippen molar-refractivity contribution in [2.45, 2.75) is 76.9 Å². The molecule has 1 aromatic rings. The van der Waals surface area contributed by atoms with Gasteiger partial charge in [-0.05, 0) is 65.5 Å². The van der Waals surface area contributed by atoms with Crippen LogP contribution in [0.3, 0.4) is 0 Å². The predicted molar refractivity (Wildman–Crippen MR) is 152 cm³/mol. The molecule has 4 N–H and O–H groups in total. The summed E-state index contributed by atoms with van der Waals surface area (Å²) in [6.45, 7) is 2.97. The van der Waals surface area contributed by atoms with Crippen LogP contribution in [0, 0.1) is 5.41 Å². The number of carbonyl (C=O) groups excluding carboxylic acids is 3. The van der Waals surface area contributed by atoms with E-state index < -0.39 is 11.3 Å². The number of hydrazone groups is 1. The highest BCUT2D eigenvalue weighted by Crippen LogP contribution is 2.45. The van der Waals surface area contributed by atoms with Crippen LogP contribution in [0.25, 0.3) is 5.70 Å². The van der Waals surface area contributed by atoms with Gasteiger partial charge in [0.1, 0.15) is 11.9 Å². The maximum atomic E-state index is 13.7. The molecule has 1 amide bonds. The number of nitrogens with two attached hydrogens (primary N) is 2. The molecule has 0 aromatic carbocycles. The molecular formula is C28H40N8O4. The number of rotatable bonds is 7. The van der Waals surface area contributed by atoms with Crippen molar-refractivity contribution in [2.24, 2.45) is 27.1 Å². The quantitative estimate of drug-likeness (QED) is 0.169. The fourth-order valence-electron chi connectivity index (χ4n) is 6.03. The van der Waals surface area contributed by atoms with E-state index in [1.165, 1.54) is 11.1 Å². The van der Waals surface area contributed by atoms with Gasteiger partial charge in [-0.25, -0.2) is 9.98 Å². The summed E-state index contributed by atoms with van der Waals surface area (Å²) in [5, 5.41) is 3.54. The zero-order valence-electron chi connectivity index (χ0n) is 23.9. The van der Waals surface area contributed by atoms with E-state index in [-0.39, 0.29) is 52.6 Å². The summed E-state index contributed by atoms with van der Waals surface area (Å²) >= 11 is 0. The number of hydrogen-bond acceptors (Lipinski definition) is 11. The van der Waals surface area contributed by atoms with Crippen molar-refractivity contribution in [3.05, 3.63) is 17.5 Å². The molecule has 0 radical (unpaired) electrons. The Morgan fingerprint density at radius 1 is 1.20 bits per heavy atom. The molecule has 2 saturated carbocycles. The molecule has 4 rings (SSSR count). The number of carbonyl (C=O) groups is 3. The Morgan fingerprint density at radius 2 is 1.95 bits per heavy atom. The summed E-state index contributed by atoms with van der Waals surface area (Å²) < 4.78 is 6.25. The molecule has 216 valence electrons. The molecule has 1 aliphatic heterocycles. The van der Waals surface area contributed by atoms with Gasteiger partial charge in [0, 0.05) is 38.2 Å². The molecule has 1 spiro atoms. The monoisotopic (exact) mass is 552 g/mol. The highest BCUT2D eigenvalue weighted by atomic mass is 16.5. The molecule has 12 nitrogen and oxygen atoms in total. The van der Waals surface area contributed by atoms with Gasteiger partial charge in [-0.3, -0.25) is 19.3 Å². The van der Waals surface area contributed by atoms with Crippen molar-refractivity contribution in [2.75, 3.05) is 27.7 Å². The van der Waals surface area contributed by atoms with Crippen LogP contribution in [-0.2, 0) is 14.4 Å². The van der Waals surface area contributed by atoms with Crippen molar-refractivity contribution in [3.63, 3.8) is 0 Å². The lowest BCUT2D eigenvalue weighted by Crippen LogP contribution is -2.45. The van der Waals surface area contributed by atoms with E-state index in [9.17, 15) is 14.4 Å². The van der Waals surface area contributed by atoms with Crippen LogP contribution in [0.5, 0.6) is 5.88 Å². The predicted octanol–water partition coefficient (Wildman–Crippen LogP) is 2.00. The molecule has 2 aliphatic carbocycles. The minimum atomic E-state index is -0.994. The Bertz CT molecular complexity index is 1250. The molecule has 0 bridgehead atoms. The maximum absolute atomic E-state index is 13.7. The summed E-state index contributed by atoms with van der Waals surface area (Å²) in [6, 6.07) is 1.76. The Morgan fingerprint density at radius 3 is 2.60 bits per heavy atom. The second kappa shape index (κ2) is 12.2. The van der Waals surface area contributed by atoms with E-state index in [4.69, 9.17) is 16.3 Å². The number of ketones is 2. The molecule has 40 heavy (non-hydrogen) atoms. The number of amides is 1. The molecule has 1 saturated heterocycles. The van der Waals surface area contributed by atoms with Crippen molar-refractivity contribution >= 4 is 40.9 Å². The van der Waals surface area contributed by atoms with Crippen LogP contribution < -0.4 is 16.3 Å². The number of likely N-dealkylation sites (tertiary alicyclic amines) is 1. The molecule has 12 heteroatoms. The Hall–Kier alpha value is -3.67. The van der Waals surface area contributed by atoms with E-state index in [0.29, 0.717) is 37.7 Å². The van der Waals surface area contributed by atoms with Crippen LogP contribution in [-0.4, -0.2) is 89.0 Å². The van der Waals surface area contributed by atoms with Gasteiger partial charge < -0.3 is 21.2 Å². The van der Waals surface area contributed by atoms with Gasteiger partial charge in [-0.1, -0.05) is 6.42 Å².